The molecule has 0 heterocycles. The normalized spacial score (nSPS) is 38.7. The molecule has 1 nitrogen and oxygen atoms in total. The van der Waals surface area contributed by atoms with Crippen molar-refractivity contribution in [3.8, 4) is 0 Å². The van der Waals surface area contributed by atoms with Gasteiger partial charge < -0.3 is 5.73 Å². The van der Waals surface area contributed by atoms with Gasteiger partial charge in [-0.15, -0.1) is 23.2 Å². The molecule has 0 bridgehead atoms. The first-order chi connectivity index (χ1) is 4.02. The molecule has 0 spiro atoms. The first-order valence-corrected chi connectivity index (χ1v) is 3.85. The van der Waals surface area contributed by atoms with Gasteiger partial charge in [-0.05, 0) is 19.4 Å². The zero-order valence-electron chi connectivity index (χ0n) is 5.45. The van der Waals surface area contributed by atoms with Crippen molar-refractivity contribution in [3.63, 3.8) is 0 Å². The topological polar surface area (TPSA) is 26.0 Å². The van der Waals surface area contributed by atoms with Crippen LogP contribution in [0.2, 0.25) is 0 Å². The van der Waals surface area contributed by atoms with Crippen molar-refractivity contribution in [2.24, 2.45) is 11.1 Å². The summed E-state index contributed by atoms with van der Waals surface area (Å²) in [5.74, 6) is 0. The fraction of sp³-hybridized carbons (Fsp3) is 1.00. The lowest BCUT2D eigenvalue weighted by atomic mass is 10.1. The van der Waals surface area contributed by atoms with E-state index in [2.05, 4.69) is 6.92 Å². The predicted octanol–water partition coefficient (Wildman–Crippen LogP) is 1.92. The minimum Gasteiger partial charge on any atom is -0.330 e. The standard InChI is InChI=1S/C6H11Cl2N/c1-5(2-3-9)4-6(5,7)8/h2-4,9H2,1H3/t5-/m0/s1. The van der Waals surface area contributed by atoms with E-state index in [9.17, 15) is 0 Å². The molecule has 3 heteroatoms. The van der Waals surface area contributed by atoms with E-state index in [1.807, 2.05) is 0 Å². The van der Waals surface area contributed by atoms with Crippen LogP contribution in [0.15, 0.2) is 0 Å². The molecule has 2 N–H and O–H groups in total. The van der Waals surface area contributed by atoms with Gasteiger partial charge in [-0.25, -0.2) is 0 Å². The molecule has 1 rings (SSSR count). The molecular formula is C6H11Cl2N. The Morgan fingerprint density at radius 1 is 1.56 bits per heavy atom. The summed E-state index contributed by atoms with van der Waals surface area (Å²) in [4.78, 5) is 0. The lowest BCUT2D eigenvalue weighted by molar-refractivity contribution is 0.519. The molecular weight excluding hydrogens is 157 g/mol. The maximum absolute atomic E-state index is 5.84. The van der Waals surface area contributed by atoms with Gasteiger partial charge >= 0.3 is 0 Å². The minimum absolute atomic E-state index is 0.102. The van der Waals surface area contributed by atoms with Gasteiger partial charge in [-0.3, -0.25) is 0 Å². The van der Waals surface area contributed by atoms with E-state index in [1.165, 1.54) is 0 Å². The Labute approximate surface area is 65.5 Å². The predicted molar refractivity (Wildman–Crippen MR) is 40.8 cm³/mol. The summed E-state index contributed by atoms with van der Waals surface area (Å²) >= 11 is 11.7. The first kappa shape index (κ1) is 7.64. The van der Waals surface area contributed by atoms with Gasteiger partial charge in [0.2, 0.25) is 0 Å². The van der Waals surface area contributed by atoms with E-state index in [-0.39, 0.29) is 5.41 Å². The third-order valence-corrected chi connectivity index (χ3v) is 3.25. The highest BCUT2D eigenvalue weighted by molar-refractivity contribution is 6.51. The second-order valence-corrected chi connectivity index (χ2v) is 4.46. The van der Waals surface area contributed by atoms with Crippen molar-refractivity contribution in [2.75, 3.05) is 6.54 Å². The second kappa shape index (κ2) is 2.01. The average Bonchev–Trinajstić information content (AvgIpc) is 2.07. The Morgan fingerprint density at radius 2 is 2.00 bits per heavy atom. The molecule has 0 unspecified atom stereocenters. The maximum Gasteiger partial charge on any atom is 0.124 e. The Morgan fingerprint density at radius 3 is 2.11 bits per heavy atom. The van der Waals surface area contributed by atoms with Crippen molar-refractivity contribution >= 4 is 23.2 Å². The zero-order valence-corrected chi connectivity index (χ0v) is 6.97. The molecule has 0 aliphatic heterocycles. The van der Waals surface area contributed by atoms with Gasteiger partial charge in [0.15, 0.2) is 0 Å². The quantitative estimate of drug-likeness (QED) is 0.626. The van der Waals surface area contributed by atoms with Crippen LogP contribution in [-0.4, -0.2) is 10.9 Å². The summed E-state index contributed by atoms with van der Waals surface area (Å²) in [6.07, 6.45) is 1.82. The van der Waals surface area contributed by atoms with Gasteiger partial charge in [-0.2, -0.15) is 0 Å². The Kier molecular flexibility index (Phi) is 1.71. The van der Waals surface area contributed by atoms with Gasteiger partial charge in [0.05, 0.1) is 0 Å². The van der Waals surface area contributed by atoms with E-state index in [4.69, 9.17) is 28.9 Å². The zero-order chi connectivity index (χ0) is 7.12. The third-order valence-electron chi connectivity index (χ3n) is 2.07. The van der Waals surface area contributed by atoms with Crippen molar-refractivity contribution in [1.29, 1.82) is 0 Å². The summed E-state index contributed by atoms with van der Waals surface area (Å²) in [6.45, 7) is 2.75. The van der Waals surface area contributed by atoms with Crippen molar-refractivity contribution in [2.45, 2.75) is 24.1 Å². The van der Waals surface area contributed by atoms with Gasteiger partial charge in [0, 0.05) is 5.41 Å². The summed E-state index contributed by atoms with van der Waals surface area (Å²) in [6, 6.07) is 0. The molecule has 0 aromatic carbocycles. The largest absolute Gasteiger partial charge is 0.330 e. The lowest BCUT2D eigenvalue weighted by Crippen LogP contribution is -2.11. The van der Waals surface area contributed by atoms with Crippen LogP contribution in [0, 0.1) is 5.41 Å². The molecule has 0 aromatic heterocycles. The van der Waals surface area contributed by atoms with E-state index in [0.29, 0.717) is 6.54 Å². The van der Waals surface area contributed by atoms with Crippen LogP contribution in [-0.2, 0) is 0 Å². The molecule has 1 fully saturated rings. The maximum atomic E-state index is 5.84. The molecule has 54 valence electrons. The molecule has 1 saturated carbocycles. The Hall–Kier alpha value is 0.540. The van der Waals surface area contributed by atoms with Crippen LogP contribution in [0.3, 0.4) is 0 Å². The van der Waals surface area contributed by atoms with Crippen LogP contribution in [0.5, 0.6) is 0 Å². The van der Waals surface area contributed by atoms with Crippen LogP contribution >= 0.6 is 23.2 Å². The average molecular weight is 168 g/mol. The fourth-order valence-electron chi connectivity index (χ4n) is 1.04. The number of rotatable bonds is 2. The Bertz CT molecular complexity index is 124. The first-order valence-electron chi connectivity index (χ1n) is 3.10. The highest BCUT2D eigenvalue weighted by Gasteiger charge is 2.61. The van der Waals surface area contributed by atoms with E-state index in [1.54, 1.807) is 0 Å². The number of halogens is 2. The molecule has 0 aromatic rings. The second-order valence-electron chi connectivity index (χ2n) is 2.98. The number of nitrogens with two attached hydrogens (primary N) is 1. The van der Waals surface area contributed by atoms with Gasteiger partial charge in [-0.1, -0.05) is 6.92 Å². The van der Waals surface area contributed by atoms with E-state index in [0.717, 1.165) is 12.8 Å². The highest BCUT2D eigenvalue weighted by atomic mass is 35.5. The van der Waals surface area contributed by atoms with Crippen LogP contribution in [0.1, 0.15) is 19.8 Å². The monoisotopic (exact) mass is 167 g/mol. The fourth-order valence-corrected chi connectivity index (χ4v) is 1.81. The molecule has 0 amide bonds. The third kappa shape index (κ3) is 1.19. The number of hydrogen-bond acceptors (Lipinski definition) is 1. The van der Waals surface area contributed by atoms with Crippen molar-refractivity contribution < 1.29 is 0 Å². The van der Waals surface area contributed by atoms with Gasteiger partial charge in [0.1, 0.15) is 4.33 Å². The number of hydrogen-bond donors (Lipinski definition) is 1. The molecule has 1 atom stereocenters. The summed E-state index contributed by atoms with van der Waals surface area (Å²) < 4.78 is -0.480. The molecule has 0 radical (unpaired) electrons. The van der Waals surface area contributed by atoms with Gasteiger partial charge in [0.25, 0.3) is 0 Å². The minimum atomic E-state index is -0.480. The molecule has 1 aliphatic carbocycles. The van der Waals surface area contributed by atoms with Crippen LogP contribution in [0.25, 0.3) is 0 Å². The summed E-state index contributed by atoms with van der Waals surface area (Å²) in [5.41, 5.74) is 5.46. The lowest BCUT2D eigenvalue weighted by Gasteiger charge is -2.08. The highest BCUT2D eigenvalue weighted by Crippen LogP contribution is 2.65. The van der Waals surface area contributed by atoms with Crippen LogP contribution in [0.4, 0.5) is 0 Å². The summed E-state index contributed by atoms with van der Waals surface area (Å²) in [7, 11) is 0. The van der Waals surface area contributed by atoms with E-state index >= 15 is 0 Å². The van der Waals surface area contributed by atoms with E-state index < -0.39 is 4.33 Å². The summed E-state index contributed by atoms with van der Waals surface area (Å²) in [5, 5.41) is 0. The number of alkyl halides is 2. The van der Waals surface area contributed by atoms with Crippen molar-refractivity contribution in [1.82, 2.24) is 0 Å². The molecule has 1 aliphatic rings. The van der Waals surface area contributed by atoms with Crippen LogP contribution < -0.4 is 5.73 Å². The molecule has 0 saturated heterocycles. The van der Waals surface area contributed by atoms with Crippen molar-refractivity contribution in [3.05, 3.63) is 0 Å². The Balaban J connectivity index is 2.42. The molecule has 9 heavy (non-hydrogen) atoms. The smallest absolute Gasteiger partial charge is 0.124 e. The SMILES string of the molecule is C[C@]1(CCN)CC1(Cl)Cl.